The van der Waals surface area contributed by atoms with E-state index in [1.807, 2.05) is 13.1 Å². The van der Waals surface area contributed by atoms with Gasteiger partial charge in [0.1, 0.15) is 0 Å². The largest absolute Gasteiger partial charge is 0.345 e. The van der Waals surface area contributed by atoms with E-state index < -0.39 is 5.91 Å². The van der Waals surface area contributed by atoms with Crippen molar-refractivity contribution >= 4 is 11.8 Å². The summed E-state index contributed by atoms with van der Waals surface area (Å²) in [6.07, 6.45) is 3.33. The van der Waals surface area contributed by atoms with Gasteiger partial charge >= 0.3 is 0 Å². The minimum absolute atomic E-state index is 0.222. The molecule has 0 aromatic heterocycles. The number of carbonyl (C=O) groups excluding carboxylic acids is 2. The second-order valence-electron chi connectivity index (χ2n) is 5.86. The third-order valence-electron chi connectivity index (χ3n) is 4.70. The average Bonchev–Trinajstić information content (AvgIpc) is 2.74. The van der Waals surface area contributed by atoms with E-state index in [0.717, 1.165) is 31.4 Å². The van der Waals surface area contributed by atoms with Crippen molar-refractivity contribution in [3.05, 3.63) is 34.9 Å². The van der Waals surface area contributed by atoms with E-state index in [2.05, 4.69) is 0 Å². The van der Waals surface area contributed by atoms with E-state index >= 15 is 0 Å². The van der Waals surface area contributed by atoms with Gasteiger partial charge in [0.25, 0.3) is 5.91 Å². The molecular formula is C15H18N2O3. The van der Waals surface area contributed by atoms with Gasteiger partial charge in [-0.1, -0.05) is 6.07 Å². The fourth-order valence-corrected chi connectivity index (χ4v) is 3.46. The van der Waals surface area contributed by atoms with Crippen LogP contribution in [0.25, 0.3) is 0 Å². The molecule has 1 atom stereocenters. The van der Waals surface area contributed by atoms with Crippen molar-refractivity contribution in [2.75, 3.05) is 13.6 Å². The van der Waals surface area contributed by atoms with Gasteiger partial charge < -0.3 is 4.90 Å². The maximum Gasteiger partial charge on any atom is 0.274 e. The van der Waals surface area contributed by atoms with Gasteiger partial charge in [0.2, 0.25) is 5.91 Å². The van der Waals surface area contributed by atoms with Gasteiger partial charge in [-0.25, -0.2) is 5.48 Å². The number of hydroxylamine groups is 1. The first kappa shape index (κ1) is 13.1. The number of hydrogen-bond donors (Lipinski definition) is 2. The van der Waals surface area contributed by atoms with Crippen molar-refractivity contribution < 1.29 is 14.8 Å². The second kappa shape index (κ2) is 4.59. The van der Waals surface area contributed by atoms with E-state index in [9.17, 15) is 9.59 Å². The molecule has 2 amide bonds. The first-order chi connectivity index (χ1) is 9.55. The number of amides is 2. The van der Waals surface area contributed by atoms with Crippen molar-refractivity contribution in [3.8, 4) is 0 Å². The number of benzene rings is 1. The van der Waals surface area contributed by atoms with Crippen LogP contribution in [-0.4, -0.2) is 35.5 Å². The number of likely N-dealkylation sites (tertiary alicyclic amines) is 1. The Morgan fingerprint density at radius 1 is 1.35 bits per heavy atom. The van der Waals surface area contributed by atoms with Gasteiger partial charge in [0, 0.05) is 19.2 Å². The lowest BCUT2D eigenvalue weighted by atomic mass is 9.70. The molecule has 5 heteroatoms. The highest BCUT2D eigenvalue weighted by Gasteiger charge is 2.46. The van der Waals surface area contributed by atoms with Gasteiger partial charge in [-0.3, -0.25) is 14.8 Å². The topological polar surface area (TPSA) is 69.6 Å². The van der Waals surface area contributed by atoms with Gasteiger partial charge in [0.15, 0.2) is 0 Å². The summed E-state index contributed by atoms with van der Waals surface area (Å²) in [5.41, 5.74) is 4.06. The third-order valence-corrected chi connectivity index (χ3v) is 4.70. The predicted octanol–water partition coefficient (Wildman–Crippen LogP) is 1.14. The quantitative estimate of drug-likeness (QED) is 0.596. The number of nitrogens with zero attached hydrogens (tertiary/aromatic N) is 1. The zero-order chi connectivity index (χ0) is 14.3. The lowest BCUT2D eigenvalue weighted by Gasteiger charge is -2.33. The van der Waals surface area contributed by atoms with E-state index in [4.69, 9.17) is 5.21 Å². The number of hydrogen-bond acceptors (Lipinski definition) is 3. The summed E-state index contributed by atoms with van der Waals surface area (Å²) in [7, 11) is 1.85. The van der Waals surface area contributed by atoms with E-state index in [1.165, 1.54) is 5.56 Å². The van der Waals surface area contributed by atoms with E-state index in [-0.39, 0.29) is 11.3 Å². The van der Waals surface area contributed by atoms with E-state index in [0.29, 0.717) is 12.0 Å². The molecule has 106 valence electrons. The van der Waals surface area contributed by atoms with Crippen LogP contribution in [0, 0.1) is 5.41 Å². The minimum atomic E-state index is -0.512. The van der Waals surface area contributed by atoms with Crippen LogP contribution in [0.4, 0.5) is 0 Å². The van der Waals surface area contributed by atoms with Gasteiger partial charge in [-0.2, -0.15) is 0 Å². The summed E-state index contributed by atoms with van der Waals surface area (Å²) in [6.45, 7) is 0.810. The van der Waals surface area contributed by atoms with Crippen LogP contribution in [-0.2, 0) is 17.6 Å². The Morgan fingerprint density at radius 3 is 2.80 bits per heavy atom. The monoisotopic (exact) mass is 274 g/mol. The molecule has 2 aliphatic rings. The molecule has 20 heavy (non-hydrogen) atoms. The Labute approximate surface area is 117 Å². The molecule has 0 saturated carbocycles. The summed E-state index contributed by atoms with van der Waals surface area (Å²) >= 11 is 0. The van der Waals surface area contributed by atoms with Gasteiger partial charge in [-0.15, -0.1) is 0 Å². The van der Waals surface area contributed by atoms with Crippen molar-refractivity contribution in [3.63, 3.8) is 0 Å². The molecule has 1 aromatic rings. The Morgan fingerprint density at radius 2 is 2.15 bits per heavy atom. The first-order valence-electron chi connectivity index (χ1n) is 6.87. The summed E-state index contributed by atoms with van der Waals surface area (Å²) in [6, 6.07) is 5.44. The van der Waals surface area contributed by atoms with Crippen LogP contribution in [0.2, 0.25) is 0 Å². The highest BCUT2D eigenvalue weighted by molar-refractivity contribution is 5.93. The molecule has 0 radical (unpaired) electrons. The molecular weight excluding hydrogens is 256 g/mol. The Bertz CT molecular complexity index is 584. The van der Waals surface area contributed by atoms with Crippen molar-refractivity contribution in [1.29, 1.82) is 0 Å². The summed E-state index contributed by atoms with van der Waals surface area (Å²) in [4.78, 5) is 25.7. The number of aryl methyl sites for hydroxylation is 1. The molecule has 1 saturated heterocycles. The molecule has 1 unspecified atom stereocenters. The summed E-state index contributed by atoms with van der Waals surface area (Å²) in [5.74, 6) is -0.289. The number of fused-ring (bicyclic) bond motifs is 1. The fraction of sp³-hybridized carbons (Fsp3) is 0.467. The number of nitrogens with one attached hydrogen (secondary N) is 1. The zero-order valence-electron chi connectivity index (χ0n) is 11.5. The van der Waals surface area contributed by atoms with Gasteiger partial charge in [-0.05, 0) is 48.9 Å². The van der Waals surface area contributed by atoms with Gasteiger partial charge in [0.05, 0.1) is 5.41 Å². The van der Waals surface area contributed by atoms with Crippen LogP contribution >= 0.6 is 0 Å². The van der Waals surface area contributed by atoms with Crippen molar-refractivity contribution in [1.82, 2.24) is 10.4 Å². The lowest BCUT2D eigenvalue weighted by molar-refractivity contribution is -0.135. The molecule has 1 fully saturated rings. The zero-order valence-corrected chi connectivity index (χ0v) is 11.5. The molecule has 5 nitrogen and oxygen atoms in total. The Kier molecular flexibility index (Phi) is 3.01. The predicted molar refractivity (Wildman–Crippen MR) is 72.4 cm³/mol. The normalized spacial score (nSPS) is 24.9. The van der Waals surface area contributed by atoms with Crippen LogP contribution in [0.5, 0.6) is 0 Å². The molecule has 3 rings (SSSR count). The maximum absolute atomic E-state index is 12.4. The SMILES string of the molecule is CN1CCC2(CCc3ccc(C(=O)NO)cc3C2)C1=O. The van der Waals surface area contributed by atoms with Crippen LogP contribution in [0.15, 0.2) is 18.2 Å². The highest BCUT2D eigenvalue weighted by Crippen LogP contribution is 2.43. The van der Waals surface area contributed by atoms with Crippen molar-refractivity contribution in [2.24, 2.45) is 5.41 Å². The second-order valence-corrected chi connectivity index (χ2v) is 5.86. The van der Waals surface area contributed by atoms with E-state index in [1.54, 1.807) is 22.5 Å². The third kappa shape index (κ3) is 1.89. The molecule has 0 bridgehead atoms. The summed E-state index contributed by atoms with van der Waals surface area (Å²) in [5, 5.41) is 8.71. The Balaban J connectivity index is 1.94. The molecule has 1 aliphatic heterocycles. The molecule has 1 aromatic carbocycles. The lowest BCUT2D eigenvalue weighted by Crippen LogP contribution is -2.37. The van der Waals surface area contributed by atoms with Crippen LogP contribution in [0.3, 0.4) is 0 Å². The standard InChI is InChI=1S/C15H18N2O3/c1-17-7-6-15(14(17)19)5-4-10-2-3-11(13(18)16-20)8-12(10)9-15/h2-3,8,20H,4-7,9H2,1H3,(H,16,18). The number of rotatable bonds is 1. The van der Waals surface area contributed by atoms with Crippen LogP contribution < -0.4 is 5.48 Å². The molecule has 1 spiro atoms. The average molecular weight is 274 g/mol. The smallest absolute Gasteiger partial charge is 0.274 e. The fourth-order valence-electron chi connectivity index (χ4n) is 3.46. The highest BCUT2D eigenvalue weighted by atomic mass is 16.5. The van der Waals surface area contributed by atoms with Crippen LogP contribution in [0.1, 0.15) is 34.3 Å². The summed E-state index contributed by atoms with van der Waals surface area (Å²) < 4.78 is 0. The molecule has 1 aliphatic carbocycles. The minimum Gasteiger partial charge on any atom is -0.345 e. The maximum atomic E-state index is 12.4. The first-order valence-corrected chi connectivity index (χ1v) is 6.87. The number of carbonyl (C=O) groups is 2. The molecule has 2 N–H and O–H groups in total. The molecule has 1 heterocycles. The Hall–Kier alpha value is -1.88. The van der Waals surface area contributed by atoms with Crippen molar-refractivity contribution in [2.45, 2.75) is 25.7 Å².